The molecule has 0 aliphatic heterocycles. The molecule has 1 aliphatic rings. The van der Waals surface area contributed by atoms with Crippen molar-refractivity contribution in [3.63, 3.8) is 0 Å². The summed E-state index contributed by atoms with van der Waals surface area (Å²) in [7, 11) is -1.09. The summed E-state index contributed by atoms with van der Waals surface area (Å²) in [6.45, 7) is 5.39. The molecule has 2 aromatic carbocycles. The number of anilines is 1. The first-order valence-corrected chi connectivity index (χ1v) is 14.9. The van der Waals surface area contributed by atoms with Gasteiger partial charge < -0.3 is 10.2 Å². The zero-order valence-electron chi connectivity index (χ0n) is 23.3. The predicted octanol–water partition coefficient (Wildman–Crippen LogP) is 4.17. The van der Waals surface area contributed by atoms with Crippen molar-refractivity contribution in [1.82, 2.24) is 14.5 Å². The first-order valence-electron chi connectivity index (χ1n) is 13.5. The molecule has 0 radical (unpaired) electrons. The van der Waals surface area contributed by atoms with Crippen LogP contribution in [-0.4, -0.2) is 62.2 Å². The minimum atomic E-state index is -3.99. The number of nitrogens with one attached hydrogen (secondary N) is 1. The van der Waals surface area contributed by atoms with Crippen molar-refractivity contribution in [2.24, 2.45) is 0 Å². The lowest BCUT2D eigenvalue weighted by molar-refractivity contribution is -0.140. The monoisotopic (exact) mass is 542 g/mol. The predicted molar refractivity (Wildman–Crippen MR) is 152 cm³/mol. The smallest absolute Gasteiger partial charge is 0.304 e. The van der Waals surface area contributed by atoms with Gasteiger partial charge in [0, 0.05) is 26.7 Å². The fourth-order valence-electron chi connectivity index (χ4n) is 4.93. The van der Waals surface area contributed by atoms with Gasteiger partial charge in [0.25, 0.3) is 0 Å². The van der Waals surface area contributed by atoms with Crippen molar-refractivity contribution in [1.29, 1.82) is 0 Å². The van der Waals surface area contributed by atoms with Crippen molar-refractivity contribution < 1.29 is 18.0 Å². The molecule has 0 saturated heterocycles. The molecule has 1 aliphatic carbocycles. The third-order valence-corrected chi connectivity index (χ3v) is 8.99. The molecular formula is C29H42N4O4S. The molecule has 0 spiro atoms. The van der Waals surface area contributed by atoms with Crippen LogP contribution in [0.25, 0.3) is 0 Å². The van der Waals surface area contributed by atoms with Gasteiger partial charge in [0.2, 0.25) is 11.8 Å². The number of nitrogens with zero attached hydrogens (tertiary/aromatic N) is 3. The Kier molecular flexibility index (Phi) is 10.3. The summed E-state index contributed by atoms with van der Waals surface area (Å²) in [6.07, 6.45) is 5.65. The summed E-state index contributed by atoms with van der Waals surface area (Å²) in [5, 5.41) is 3.17. The first kappa shape index (κ1) is 29.6. The molecule has 0 heterocycles. The Morgan fingerprint density at radius 3 is 2.26 bits per heavy atom. The molecule has 1 N–H and O–H groups in total. The lowest BCUT2D eigenvalue weighted by atomic mass is 9.95. The lowest BCUT2D eigenvalue weighted by Gasteiger charge is -2.35. The van der Waals surface area contributed by atoms with Crippen LogP contribution in [-0.2, 0) is 26.3 Å². The minimum Gasteiger partial charge on any atom is -0.352 e. The zero-order chi connectivity index (χ0) is 27.9. The Labute approximate surface area is 228 Å². The molecule has 0 aromatic heterocycles. The van der Waals surface area contributed by atoms with Crippen LogP contribution in [0, 0.1) is 13.8 Å². The second kappa shape index (κ2) is 13.2. The Morgan fingerprint density at radius 2 is 1.66 bits per heavy atom. The summed E-state index contributed by atoms with van der Waals surface area (Å²) in [6, 6.07) is 14.4. The van der Waals surface area contributed by atoms with Crippen LogP contribution < -0.4 is 9.62 Å². The highest BCUT2D eigenvalue weighted by Gasteiger charge is 2.35. The normalized spacial score (nSPS) is 15.2. The fraction of sp³-hybridized carbons (Fsp3) is 0.517. The van der Waals surface area contributed by atoms with Gasteiger partial charge in [0.05, 0.1) is 5.69 Å². The van der Waals surface area contributed by atoms with Crippen molar-refractivity contribution in [3.05, 3.63) is 65.2 Å². The van der Waals surface area contributed by atoms with Crippen LogP contribution in [0.1, 0.15) is 62.1 Å². The average Bonchev–Trinajstić information content (AvgIpc) is 2.89. The third kappa shape index (κ3) is 7.35. The Bertz CT molecular complexity index is 1190. The maximum absolute atomic E-state index is 14.0. The number of amides is 2. The largest absolute Gasteiger partial charge is 0.352 e. The van der Waals surface area contributed by atoms with E-state index in [9.17, 15) is 18.0 Å². The van der Waals surface area contributed by atoms with E-state index < -0.39 is 28.7 Å². The zero-order valence-corrected chi connectivity index (χ0v) is 24.1. The number of carbonyl (C=O) groups is 2. The van der Waals surface area contributed by atoms with Gasteiger partial charge >= 0.3 is 10.2 Å². The molecule has 2 aromatic rings. The van der Waals surface area contributed by atoms with Crippen LogP contribution in [0.5, 0.6) is 0 Å². The molecule has 208 valence electrons. The minimum absolute atomic E-state index is 0.111. The molecule has 3 rings (SSSR count). The van der Waals surface area contributed by atoms with Gasteiger partial charge in [0.15, 0.2) is 0 Å². The average molecular weight is 543 g/mol. The fourth-order valence-corrected chi connectivity index (χ4v) is 6.05. The summed E-state index contributed by atoms with van der Waals surface area (Å²) < 4.78 is 29.2. The van der Waals surface area contributed by atoms with E-state index in [1.807, 2.05) is 63.2 Å². The van der Waals surface area contributed by atoms with Crippen LogP contribution in [0.3, 0.4) is 0 Å². The molecule has 9 heteroatoms. The SMILES string of the molecule is CC[C@H](C(=O)NC1CCCCC1)N(Cc1ccccc1)C(=O)CN(c1cc(C)ccc1C)S(=O)(=O)N(C)C. The topological polar surface area (TPSA) is 90.0 Å². The number of carbonyl (C=O) groups excluding carboxylic acids is 2. The molecule has 8 nitrogen and oxygen atoms in total. The van der Waals surface area contributed by atoms with Gasteiger partial charge in [-0.15, -0.1) is 0 Å². The van der Waals surface area contributed by atoms with Gasteiger partial charge in [0.1, 0.15) is 12.6 Å². The summed E-state index contributed by atoms with van der Waals surface area (Å²) in [4.78, 5) is 29.0. The van der Waals surface area contributed by atoms with Gasteiger partial charge in [-0.2, -0.15) is 12.7 Å². The van der Waals surface area contributed by atoms with E-state index in [1.54, 1.807) is 6.07 Å². The van der Waals surface area contributed by atoms with E-state index in [4.69, 9.17) is 0 Å². The Morgan fingerprint density at radius 1 is 1.00 bits per heavy atom. The van der Waals surface area contributed by atoms with E-state index in [0.717, 1.165) is 51.0 Å². The van der Waals surface area contributed by atoms with Gasteiger partial charge in [-0.05, 0) is 55.9 Å². The third-order valence-electron chi connectivity index (χ3n) is 7.19. The number of rotatable bonds is 11. The number of benzene rings is 2. The van der Waals surface area contributed by atoms with Crippen molar-refractivity contribution >= 4 is 27.7 Å². The molecular weight excluding hydrogens is 500 g/mol. The van der Waals surface area contributed by atoms with Crippen LogP contribution in [0.15, 0.2) is 48.5 Å². The Hall–Kier alpha value is -2.91. The molecule has 0 bridgehead atoms. The van der Waals surface area contributed by atoms with Gasteiger partial charge in [-0.25, -0.2) is 4.31 Å². The van der Waals surface area contributed by atoms with Crippen molar-refractivity contribution in [3.8, 4) is 0 Å². The number of hydrogen-bond acceptors (Lipinski definition) is 4. The molecule has 1 fully saturated rings. The van der Waals surface area contributed by atoms with E-state index in [2.05, 4.69) is 5.32 Å². The number of hydrogen-bond donors (Lipinski definition) is 1. The quantitative estimate of drug-likeness (QED) is 0.462. The van der Waals surface area contributed by atoms with E-state index >= 15 is 0 Å². The van der Waals surface area contributed by atoms with Crippen LogP contribution >= 0.6 is 0 Å². The number of aryl methyl sites for hydroxylation is 2. The highest BCUT2D eigenvalue weighted by atomic mass is 32.2. The standard InChI is InChI=1S/C29H42N4O4S/c1-6-26(29(35)30-25-15-11-8-12-16-25)32(20-24-13-9-7-10-14-24)28(34)21-33(38(36,37)31(4)5)27-19-22(2)17-18-23(27)3/h7,9-10,13-14,17-19,25-26H,6,8,11-12,15-16,20-21H2,1-5H3,(H,30,35)/t26-/m1/s1. The van der Waals surface area contributed by atoms with Crippen molar-refractivity contribution in [2.45, 2.75) is 77.9 Å². The molecule has 1 atom stereocenters. The highest BCUT2D eigenvalue weighted by Crippen LogP contribution is 2.26. The summed E-state index contributed by atoms with van der Waals surface area (Å²) in [5.74, 6) is -0.608. The molecule has 38 heavy (non-hydrogen) atoms. The van der Waals surface area contributed by atoms with E-state index in [1.165, 1.54) is 25.4 Å². The molecule has 0 unspecified atom stereocenters. The van der Waals surface area contributed by atoms with E-state index in [-0.39, 0.29) is 18.5 Å². The van der Waals surface area contributed by atoms with E-state index in [0.29, 0.717) is 12.1 Å². The maximum Gasteiger partial charge on any atom is 0.304 e. The molecule has 2 amide bonds. The van der Waals surface area contributed by atoms with Gasteiger partial charge in [-0.1, -0.05) is 68.7 Å². The van der Waals surface area contributed by atoms with Crippen LogP contribution in [0.2, 0.25) is 0 Å². The second-order valence-electron chi connectivity index (χ2n) is 10.4. The van der Waals surface area contributed by atoms with Gasteiger partial charge in [-0.3, -0.25) is 9.59 Å². The first-order chi connectivity index (χ1) is 18.0. The Balaban J connectivity index is 1.97. The van der Waals surface area contributed by atoms with Crippen molar-refractivity contribution in [2.75, 3.05) is 24.9 Å². The highest BCUT2D eigenvalue weighted by molar-refractivity contribution is 7.90. The molecule has 1 saturated carbocycles. The second-order valence-corrected chi connectivity index (χ2v) is 12.4. The maximum atomic E-state index is 14.0. The summed E-state index contributed by atoms with van der Waals surface area (Å²) >= 11 is 0. The van der Waals surface area contributed by atoms with Crippen LogP contribution in [0.4, 0.5) is 5.69 Å². The summed E-state index contributed by atoms with van der Waals surface area (Å²) in [5.41, 5.74) is 2.95. The lowest BCUT2D eigenvalue weighted by Crippen LogP contribution is -2.54.